The topological polar surface area (TPSA) is 76.0 Å². The standard InChI is InChI=1S/C30H18ClN5OS/c31-24-11-13-25(14-12-24)36-19-23(28(34-36)22-4-2-1-3-5-22)10-15-26-27(21-8-6-20(18-32)7-9-21)29(37)35-16-17-38-30(35)33-26/h1-17,19H/b15-10+. The van der Waals surface area contributed by atoms with Crippen LogP contribution in [0.1, 0.15) is 16.8 Å². The Bertz CT molecular complexity index is 1890. The molecule has 0 bridgehead atoms. The normalized spacial score (nSPS) is 11.3. The van der Waals surface area contributed by atoms with Crippen LogP contribution < -0.4 is 5.56 Å². The highest BCUT2D eigenvalue weighted by molar-refractivity contribution is 7.15. The van der Waals surface area contributed by atoms with Crippen molar-refractivity contribution in [1.82, 2.24) is 19.2 Å². The first kappa shape index (κ1) is 23.6. The highest BCUT2D eigenvalue weighted by atomic mass is 35.5. The predicted octanol–water partition coefficient (Wildman–Crippen LogP) is 6.97. The molecule has 6 nitrogen and oxygen atoms in total. The Hall–Kier alpha value is -4.77. The van der Waals surface area contributed by atoms with Crippen LogP contribution in [0.2, 0.25) is 5.02 Å². The molecule has 0 saturated carbocycles. The summed E-state index contributed by atoms with van der Waals surface area (Å²) in [6.07, 6.45) is 7.45. The maximum atomic E-state index is 13.5. The SMILES string of the molecule is N#Cc1ccc(-c2c(/C=C/c3cn(-c4ccc(Cl)cc4)nc3-c3ccccc3)nc3sccn3c2=O)cc1. The van der Waals surface area contributed by atoms with E-state index in [0.717, 1.165) is 22.5 Å². The van der Waals surface area contributed by atoms with E-state index in [1.165, 1.54) is 11.3 Å². The van der Waals surface area contributed by atoms with Crippen molar-refractivity contribution >= 4 is 40.1 Å². The zero-order valence-electron chi connectivity index (χ0n) is 19.8. The molecule has 6 aromatic rings. The van der Waals surface area contributed by atoms with Gasteiger partial charge in [-0.15, -0.1) is 11.3 Å². The van der Waals surface area contributed by atoms with Crippen molar-refractivity contribution < 1.29 is 0 Å². The van der Waals surface area contributed by atoms with E-state index in [1.807, 2.05) is 83.0 Å². The van der Waals surface area contributed by atoms with Gasteiger partial charge in [-0.3, -0.25) is 9.20 Å². The van der Waals surface area contributed by atoms with Gasteiger partial charge in [-0.1, -0.05) is 54.1 Å². The van der Waals surface area contributed by atoms with Gasteiger partial charge in [-0.05, 0) is 54.1 Å². The maximum Gasteiger partial charge on any atom is 0.266 e. The van der Waals surface area contributed by atoms with Crippen LogP contribution in [0.4, 0.5) is 0 Å². The lowest BCUT2D eigenvalue weighted by Crippen LogP contribution is -2.16. The summed E-state index contributed by atoms with van der Waals surface area (Å²) in [7, 11) is 0. The van der Waals surface area contributed by atoms with Crippen LogP contribution in [0, 0.1) is 11.3 Å². The number of halogens is 1. The van der Waals surface area contributed by atoms with Gasteiger partial charge >= 0.3 is 0 Å². The molecule has 0 saturated heterocycles. The molecule has 0 amide bonds. The van der Waals surface area contributed by atoms with E-state index in [4.69, 9.17) is 21.7 Å². The second-order valence-electron chi connectivity index (χ2n) is 8.48. The summed E-state index contributed by atoms with van der Waals surface area (Å²) in [4.78, 5) is 18.9. The van der Waals surface area contributed by atoms with Crippen molar-refractivity contribution in [3.8, 4) is 34.1 Å². The monoisotopic (exact) mass is 531 g/mol. The Morgan fingerprint density at radius 2 is 1.68 bits per heavy atom. The Morgan fingerprint density at radius 1 is 0.921 bits per heavy atom. The third kappa shape index (κ3) is 4.43. The molecule has 0 radical (unpaired) electrons. The maximum absolute atomic E-state index is 13.5. The average Bonchev–Trinajstić information content (AvgIpc) is 3.61. The molecule has 0 atom stereocenters. The number of fused-ring (bicyclic) bond motifs is 1. The summed E-state index contributed by atoms with van der Waals surface area (Å²) in [6.45, 7) is 0. The predicted molar refractivity (Wildman–Crippen MR) is 152 cm³/mol. The van der Waals surface area contributed by atoms with Crippen LogP contribution in [-0.4, -0.2) is 19.2 Å². The van der Waals surface area contributed by atoms with Crippen LogP contribution >= 0.6 is 22.9 Å². The molecular formula is C30H18ClN5OS. The lowest BCUT2D eigenvalue weighted by Gasteiger charge is -2.06. The van der Waals surface area contributed by atoms with Gasteiger partial charge in [-0.25, -0.2) is 9.67 Å². The molecule has 0 aliphatic carbocycles. The molecule has 3 aromatic heterocycles. The molecule has 0 fully saturated rings. The molecule has 38 heavy (non-hydrogen) atoms. The van der Waals surface area contributed by atoms with Gasteiger partial charge in [0, 0.05) is 33.9 Å². The fourth-order valence-corrected chi connectivity index (χ4v) is 5.06. The van der Waals surface area contributed by atoms with Crippen molar-refractivity contribution in [2.24, 2.45) is 0 Å². The third-order valence-corrected chi connectivity index (χ3v) is 7.11. The first-order valence-electron chi connectivity index (χ1n) is 11.7. The second-order valence-corrected chi connectivity index (χ2v) is 9.78. The number of nitriles is 1. The van der Waals surface area contributed by atoms with Crippen molar-refractivity contribution in [2.45, 2.75) is 0 Å². The number of nitrogens with zero attached hydrogens (tertiary/aromatic N) is 5. The van der Waals surface area contributed by atoms with Crippen molar-refractivity contribution in [3.63, 3.8) is 0 Å². The molecule has 0 unspecified atom stereocenters. The lowest BCUT2D eigenvalue weighted by molar-refractivity contribution is 0.884. The Labute approximate surface area is 227 Å². The minimum absolute atomic E-state index is 0.166. The third-order valence-electron chi connectivity index (χ3n) is 6.10. The summed E-state index contributed by atoms with van der Waals surface area (Å²) in [6, 6.07) is 26.5. The van der Waals surface area contributed by atoms with Gasteiger partial charge in [0.05, 0.1) is 34.3 Å². The summed E-state index contributed by atoms with van der Waals surface area (Å²) in [5.74, 6) is 0. The fraction of sp³-hybridized carbons (Fsp3) is 0. The summed E-state index contributed by atoms with van der Waals surface area (Å²) in [5, 5.41) is 16.5. The van der Waals surface area contributed by atoms with Crippen LogP contribution in [0.3, 0.4) is 0 Å². The average molecular weight is 532 g/mol. The van der Waals surface area contributed by atoms with Gasteiger partial charge < -0.3 is 0 Å². The van der Waals surface area contributed by atoms with Crippen LogP contribution in [-0.2, 0) is 0 Å². The number of aromatic nitrogens is 4. The summed E-state index contributed by atoms with van der Waals surface area (Å²) in [5.41, 5.74) is 5.57. The second kappa shape index (κ2) is 9.94. The molecule has 0 N–H and O–H groups in total. The lowest BCUT2D eigenvalue weighted by atomic mass is 10.0. The number of rotatable bonds is 5. The molecule has 0 aliphatic heterocycles. The first-order valence-corrected chi connectivity index (χ1v) is 13.0. The molecule has 182 valence electrons. The van der Waals surface area contributed by atoms with E-state index < -0.39 is 0 Å². The van der Waals surface area contributed by atoms with E-state index in [-0.39, 0.29) is 5.56 Å². The molecule has 6 rings (SSSR count). The minimum Gasteiger partial charge on any atom is -0.268 e. The van der Waals surface area contributed by atoms with Gasteiger partial charge in [0.1, 0.15) is 0 Å². The highest BCUT2D eigenvalue weighted by Crippen LogP contribution is 2.28. The van der Waals surface area contributed by atoms with Crippen molar-refractivity contribution in [1.29, 1.82) is 5.26 Å². The number of hydrogen-bond donors (Lipinski definition) is 0. The Kier molecular flexibility index (Phi) is 6.18. The smallest absolute Gasteiger partial charge is 0.266 e. The van der Waals surface area contributed by atoms with Gasteiger partial charge in [0.15, 0.2) is 4.96 Å². The zero-order valence-corrected chi connectivity index (χ0v) is 21.4. The van der Waals surface area contributed by atoms with Gasteiger partial charge in [-0.2, -0.15) is 10.4 Å². The quantitative estimate of drug-likeness (QED) is 0.241. The van der Waals surface area contributed by atoms with E-state index in [0.29, 0.717) is 32.4 Å². The van der Waals surface area contributed by atoms with E-state index in [2.05, 4.69) is 6.07 Å². The summed E-state index contributed by atoms with van der Waals surface area (Å²) < 4.78 is 3.36. The number of hydrogen-bond acceptors (Lipinski definition) is 5. The molecule has 3 heterocycles. The number of benzene rings is 3. The van der Waals surface area contributed by atoms with Gasteiger partial charge in [0.2, 0.25) is 0 Å². The van der Waals surface area contributed by atoms with Crippen molar-refractivity contribution in [3.05, 3.63) is 129 Å². The molecule has 3 aromatic carbocycles. The molecule has 0 aliphatic rings. The molecule has 0 spiro atoms. The van der Waals surface area contributed by atoms with Crippen LogP contribution in [0.15, 0.2) is 101 Å². The minimum atomic E-state index is -0.166. The largest absolute Gasteiger partial charge is 0.268 e. The fourth-order valence-electron chi connectivity index (χ4n) is 4.22. The van der Waals surface area contributed by atoms with E-state index in [1.54, 1.807) is 34.9 Å². The summed E-state index contributed by atoms with van der Waals surface area (Å²) >= 11 is 7.48. The van der Waals surface area contributed by atoms with Crippen LogP contribution in [0.5, 0.6) is 0 Å². The van der Waals surface area contributed by atoms with E-state index >= 15 is 0 Å². The zero-order chi connectivity index (χ0) is 26.1. The Balaban J connectivity index is 1.50. The number of thiazole rings is 1. The molecule has 8 heteroatoms. The molecular weight excluding hydrogens is 514 g/mol. The van der Waals surface area contributed by atoms with E-state index in [9.17, 15) is 10.1 Å². The van der Waals surface area contributed by atoms with Crippen LogP contribution in [0.25, 0.3) is 45.2 Å². The van der Waals surface area contributed by atoms with Crippen molar-refractivity contribution in [2.75, 3.05) is 0 Å². The van der Waals surface area contributed by atoms with Gasteiger partial charge in [0.25, 0.3) is 5.56 Å². The highest BCUT2D eigenvalue weighted by Gasteiger charge is 2.15. The Morgan fingerprint density at radius 3 is 2.42 bits per heavy atom. The first-order chi connectivity index (χ1) is 18.6.